The van der Waals surface area contributed by atoms with E-state index in [0.717, 1.165) is 5.69 Å². The van der Waals surface area contributed by atoms with Gasteiger partial charge in [-0.2, -0.15) is 0 Å². The van der Waals surface area contributed by atoms with Crippen LogP contribution in [0.25, 0.3) is 6.08 Å². The predicted octanol–water partition coefficient (Wildman–Crippen LogP) is 2.58. The number of ether oxygens (including phenoxy) is 1. The van der Waals surface area contributed by atoms with Crippen LogP contribution in [0.2, 0.25) is 0 Å². The van der Waals surface area contributed by atoms with Gasteiger partial charge in [0.1, 0.15) is 5.60 Å². The number of nitrogens with zero attached hydrogens (tertiary/aromatic N) is 1. The molecule has 0 aliphatic heterocycles. The van der Waals surface area contributed by atoms with E-state index in [1.54, 1.807) is 32.4 Å². The van der Waals surface area contributed by atoms with Gasteiger partial charge >= 0.3 is 6.09 Å². The lowest BCUT2D eigenvalue weighted by molar-refractivity contribution is -0.117. The molecule has 7 heteroatoms. The van der Waals surface area contributed by atoms with E-state index in [1.807, 2.05) is 19.2 Å². The molecule has 0 aromatic carbocycles. The molecular weight excluding hydrogens is 302 g/mol. The number of carbonyl (C=O) groups excluding carboxylic acids is 2. The number of alkyl carbamates (subject to hydrolysis) is 1. The van der Waals surface area contributed by atoms with Crippen LogP contribution in [0, 0.1) is 0 Å². The quantitative estimate of drug-likeness (QED) is 0.815. The van der Waals surface area contributed by atoms with Crippen molar-refractivity contribution < 1.29 is 14.3 Å². The fraction of sp³-hybridized carbons (Fsp3) is 0.533. The van der Waals surface area contributed by atoms with Crippen LogP contribution < -0.4 is 10.6 Å². The Morgan fingerprint density at radius 3 is 2.55 bits per heavy atom. The zero-order valence-corrected chi connectivity index (χ0v) is 14.4. The lowest BCUT2D eigenvalue weighted by Crippen LogP contribution is -2.51. The van der Waals surface area contributed by atoms with Gasteiger partial charge in [-0.1, -0.05) is 0 Å². The van der Waals surface area contributed by atoms with Gasteiger partial charge in [0.05, 0.1) is 16.7 Å². The summed E-state index contributed by atoms with van der Waals surface area (Å²) in [5.74, 6) is -0.246. The molecule has 22 heavy (non-hydrogen) atoms. The van der Waals surface area contributed by atoms with E-state index in [0.29, 0.717) is 0 Å². The minimum absolute atomic E-state index is 0.246. The van der Waals surface area contributed by atoms with Gasteiger partial charge < -0.3 is 15.4 Å². The summed E-state index contributed by atoms with van der Waals surface area (Å²) in [4.78, 5) is 27.5. The molecule has 0 atom stereocenters. The Hall–Kier alpha value is -1.89. The summed E-state index contributed by atoms with van der Waals surface area (Å²) in [7, 11) is 0. The number of aromatic nitrogens is 1. The smallest absolute Gasteiger partial charge is 0.407 e. The van der Waals surface area contributed by atoms with Crippen LogP contribution in [0.5, 0.6) is 0 Å². The number of carbonyl (C=O) groups is 2. The number of amides is 2. The molecule has 1 heterocycles. The van der Waals surface area contributed by atoms with Crippen LogP contribution in [0.3, 0.4) is 0 Å². The Labute approximate surface area is 135 Å². The summed E-state index contributed by atoms with van der Waals surface area (Å²) < 4.78 is 5.15. The van der Waals surface area contributed by atoms with Crippen molar-refractivity contribution in [3.05, 3.63) is 22.7 Å². The SMILES string of the molecule is CC(C)(CNC(=O)OC(C)(C)C)NC(=O)/C=C/c1cscn1. The summed E-state index contributed by atoms with van der Waals surface area (Å²) in [5, 5.41) is 7.31. The highest BCUT2D eigenvalue weighted by molar-refractivity contribution is 7.07. The van der Waals surface area contributed by atoms with Crippen LogP contribution in [0.4, 0.5) is 4.79 Å². The number of thiazole rings is 1. The van der Waals surface area contributed by atoms with Gasteiger partial charge in [0.15, 0.2) is 0 Å². The second kappa shape index (κ2) is 7.40. The molecule has 6 nitrogen and oxygen atoms in total. The Morgan fingerprint density at radius 1 is 1.32 bits per heavy atom. The van der Waals surface area contributed by atoms with E-state index in [9.17, 15) is 9.59 Å². The lowest BCUT2D eigenvalue weighted by Gasteiger charge is -2.27. The van der Waals surface area contributed by atoms with Crippen LogP contribution in [0.15, 0.2) is 17.0 Å². The molecule has 1 rings (SSSR count). The first-order chi connectivity index (χ1) is 10.1. The first kappa shape index (κ1) is 18.2. The minimum atomic E-state index is -0.597. The van der Waals surface area contributed by atoms with Crippen molar-refractivity contribution in [3.8, 4) is 0 Å². The van der Waals surface area contributed by atoms with Crippen LogP contribution in [-0.2, 0) is 9.53 Å². The average molecular weight is 325 g/mol. The first-order valence-corrected chi connectivity index (χ1v) is 7.87. The molecule has 0 aliphatic rings. The fourth-order valence-electron chi connectivity index (χ4n) is 1.49. The third-order valence-electron chi connectivity index (χ3n) is 2.39. The van der Waals surface area contributed by atoms with Crippen LogP contribution in [-0.4, -0.2) is 34.7 Å². The minimum Gasteiger partial charge on any atom is -0.444 e. The van der Waals surface area contributed by atoms with E-state index in [2.05, 4.69) is 15.6 Å². The van der Waals surface area contributed by atoms with Crippen molar-refractivity contribution in [2.24, 2.45) is 0 Å². The topological polar surface area (TPSA) is 80.3 Å². The highest BCUT2D eigenvalue weighted by Crippen LogP contribution is 2.08. The van der Waals surface area contributed by atoms with E-state index in [1.165, 1.54) is 17.4 Å². The maximum atomic E-state index is 11.9. The summed E-state index contributed by atoms with van der Waals surface area (Å²) in [6.07, 6.45) is 2.56. The van der Waals surface area contributed by atoms with E-state index < -0.39 is 17.2 Å². The molecule has 0 spiro atoms. The molecule has 2 amide bonds. The number of hydrogen-bond acceptors (Lipinski definition) is 5. The summed E-state index contributed by atoms with van der Waals surface area (Å²) in [5.41, 5.74) is 1.30. The van der Waals surface area contributed by atoms with Gasteiger partial charge in [0.2, 0.25) is 5.91 Å². The zero-order chi connectivity index (χ0) is 16.8. The third-order valence-corrected chi connectivity index (χ3v) is 3.00. The summed E-state index contributed by atoms with van der Waals surface area (Å²) >= 11 is 1.46. The molecule has 2 N–H and O–H groups in total. The Morgan fingerprint density at radius 2 is 2.00 bits per heavy atom. The normalized spacial score (nSPS) is 12.2. The first-order valence-electron chi connectivity index (χ1n) is 6.93. The van der Waals surface area contributed by atoms with Crippen molar-refractivity contribution in [2.45, 2.75) is 45.8 Å². The maximum absolute atomic E-state index is 11.9. The second-order valence-corrected chi connectivity index (χ2v) is 7.19. The van der Waals surface area contributed by atoms with Gasteiger partial charge in [0.25, 0.3) is 0 Å². The van der Waals surface area contributed by atoms with Crippen molar-refractivity contribution in [1.29, 1.82) is 0 Å². The van der Waals surface area contributed by atoms with E-state index in [4.69, 9.17) is 4.74 Å². The van der Waals surface area contributed by atoms with Crippen molar-refractivity contribution in [1.82, 2.24) is 15.6 Å². The number of nitrogens with one attached hydrogen (secondary N) is 2. The standard InChI is InChI=1S/C15H23N3O3S/c1-14(2,3)21-13(20)16-9-15(4,5)18-12(19)7-6-11-8-22-10-17-11/h6-8,10H,9H2,1-5H3,(H,16,20)(H,18,19)/b7-6+. The fourth-order valence-corrected chi connectivity index (χ4v) is 2.01. The van der Waals surface area contributed by atoms with E-state index in [-0.39, 0.29) is 12.5 Å². The van der Waals surface area contributed by atoms with Gasteiger partial charge in [-0.05, 0) is 40.7 Å². The summed E-state index contributed by atoms with van der Waals surface area (Å²) in [6, 6.07) is 0. The molecule has 0 saturated heterocycles. The molecule has 0 unspecified atom stereocenters. The molecule has 1 aromatic heterocycles. The lowest BCUT2D eigenvalue weighted by atomic mass is 10.1. The monoisotopic (exact) mass is 325 g/mol. The van der Waals surface area contributed by atoms with Crippen molar-refractivity contribution >= 4 is 29.4 Å². The van der Waals surface area contributed by atoms with Gasteiger partial charge in [-0.3, -0.25) is 4.79 Å². The Bertz CT molecular complexity index is 531. The predicted molar refractivity (Wildman–Crippen MR) is 87.6 cm³/mol. The van der Waals surface area contributed by atoms with E-state index >= 15 is 0 Å². The highest BCUT2D eigenvalue weighted by Gasteiger charge is 2.22. The second-order valence-electron chi connectivity index (χ2n) is 6.48. The Kier molecular flexibility index (Phi) is 6.11. The largest absolute Gasteiger partial charge is 0.444 e. The van der Waals surface area contributed by atoms with Gasteiger partial charge in [-0.15, -0.1) is 11.3 Å². The average Bonchev–Trinajstić information content (AvgIpc) is 2.84. The van der Waals surface area contributed by atoms with Crippen LogP contribution in [0.1, 0.15) is 40.3 Å². The highest BCUT2D eigenvalue weighted by atomic mass is 32.1. The zero-order valence-electron chi connectivity index (χ0n) is 13.6. The molecule has 0 radical (unpaired) electrons. The van der Waals surface area contributed by atoms with Gasteiger partial charge in [0, 0.05) is 18.0 Å². The summed E-state index contributed by atoms with van der Waals surface area (Å²) in [6.45, 7) is 9.28. The molecule has 0 bridgehead atoms. The molecule has 1 aromatic rings. The molecule has 0 saturated carbocycles. The van der Waals surface area contributed by atoms with Crippen LogP contribution >= 0.6 is 11.3 Å². The Balaban J connectivity index is 2.42. The molecular formula is C15H23N3O3S. The molecule has 0 aliphatic carbocycles. The molecule has 122 valence electrons. The maximum Gasteiger partial charge on any atom is 0.407 e. The number of hydrogen-bond donors (Lipinski definition) is 2. The van der Waals surface area contributed by atoms with Gasteiger partial charge in [-0.25, -0.2) is 9.78 Å². The molecule has 0 fully saturated rings. The third kappa shape index (κ3) is 7.78. The van der Waals surface area contributed by atoms with Crippen molar-refractivity contribution in [3.63, 3.8) is 0 Å². The number of rotatable bonds is 5. The van der Waals surface area contributed by atoms with Crippen molar-refractivity contribution in [2.75, 3.05) is 6.54 Å².